The predicted molar refractivity (Wildman–Crippen MR) is 218 cm³/mol. The van der Waals surface area contributed by atoms with Gasteiger partial charge >= 0.3 is 0 Å². The third-order valence-corrected chi connectivity index (χ3v) is 20.0. The van der Waals surface area contributed by atoms with E-state index >= 15 is 0 Å². The number of allylic oxidation sites excluding steroid dienone is 1. The van der Waals surface area contributed by atoms with Gasteiger partial charge in [-0.25, -0.2) is 0 Å². The van der Waals surface area contributed by atoms with E-state index in [9.17, 15) is 0 Å². The Morgan fingerprint density at radius 1 is 0.455 bits per heavy atom. The zero-order valence-corrected chi connectivity index (χ0v) is 37.2. The van der Waals surface area contributed by atoms with Crippen LogP contribution < -0.4 is 0 Å². The summed E-state index contributed by atoms with van der Waals surface area (Å²) in [6.45, 7) is 29.3. The molecule has 0 atom stereocenters. The van der Waals surface area contributed by atoms with E-state index in [4.69, 9.17) is 8.23 Å². The molecule has 0 aromatic carbocycles. The molecule has 0 fully saturated rings. The lowest BCUT2D eigenvalue weighted by Crippen LogP contribution is -2.44. The summed E-state index contributed by atoms with van der Waals surface area (Å²) in [6, 6.07) is 2.74. The Labute approximate surface area is 287 Å². The highest BCUT2D eigenvalue weighted by Crippen LogP contribution is 2.26. The second-order valence-electron chi connectivity index (χ2n) is 15.1. The van der Waals surface area contributed by atoms with Crippen molar-refractivity contribution in [3.05, 3.63) is 12.7 Å². The summed E-state index contributed by atoms with van der Waals surface area (Å²) in [5, 5.41) is 0. The second-order valence-corrected chi connectivity index (χ2v) is 29.3. The van der Waals surface area contributed by atoms with Gasteiger partial charge in [0.15, 0.2) is 34.7 Å². The van der Waals surface area contributed by atoms with Crippen molar-refractivity contribution in [1.29, 1.82) is 0 Å². The highest BCUT2D eigenvalue weighted by Gasteiger charge is 2.32. The summed E-state index contributed by atoms with van der Waals surface area (Å²) in [6.07, 6.45) is 34.3. The van der Waals surface area contributed by atoms with Gasteiger partial charge in [0.1, 0.15) is 0 Å². The van der Waals surface area contributed by atoms with Gasteiger partial charge in [-0.3, -0.25) is 0 Å². The van der Waals surface area contributed by atoms with E-state index in [0.29, 0.717) is 0 Å². The number of unbranched alkanes of at least 4 members (excludes halogenated alkanes) is 20. The van der Waals surface area contributed by atoms with Crippen LogP contribution in [0.2, 0.25) is 64.5 Å². The lowest BCUT2D eigenvalue weighted by atomic mass is 10.1. The van der Waals surface area contributed by atoms with E-state index in [2.05, 4.69) is 79.7 Å². The van der Waals surface area contributed by atoms with Crippen molar-refractivity contribution >= 4 is 34.7 Å². The molecule has 0 unspecified atom stereocenters. The smallest absolute Gasteiger partial charge is 0.173 e. The quantitative estimate of drug-likeness (QED) is 0.0442. The summed E-state index contributed by atoms with van der Waals surface area (Å²) < 4.78 is 12.4. The molecule has 0 amide bonds. The molecule has 0 rings (SSSR count). The van der Waals surface area contributed by atoms with Gasteiger partial charge in [-0.15, -0.1) is 6.58 Å². The summed E-state index contributed by atoms with van der Waals surface area (Å²) in [7, 11) is -4.23. The van der Waals surface area contributed by atoms with Crippen molar-refractivity contribution < 1.29 is 8.23 Å². The van der Waals surface area contributed by atoms with Crippen LogP contribution in [-0.2, 0) is 8.23 Å². The minimum atomic E-state index is -1.45. The van der Waals surface area contributed by atoms with Crippen LogP contribution in [-0.4, -0.2) is 34.7 Å². The first-order chi connectivity index (χ1) is 20.9. The Bertz CT molecular complexity index is 517. The van der Waals surface area contributed by atoms with Crippen LogP contribution in [0.5, 0.6) is 0 Å². The molecule has 0 bridgehead atoms. The van der Waals surface area contributed by atoms with Gasteiger partial charge in [-0.05, 0) is 77.3 Å². The van der Waals surface area contributed by atoms with Crippen molar-refractivity contribution in [2.45, 2.75) is 233 Å². The lowest BCUT2D eigenvalue weighted by Gasteiger charge is -2.34. The van der Waals surface area contributed by atoms with Crippen molar-refractivity contribution in [3.8, 4) is 0 Å². The molecule has 0 N–H and O–H groups in total. The average molecular weight is 689 g/mol. The summed E-state index contributed by atoms with van der Waals surface area (Å²) in [5.41, 5.74) is 0. The van der Waals surface area contributed by atoms with Crippen LogP contribution in [0.15, 0.2) is 12.7 Å². The summed E-state index contributed by atoms with van der Waals surface area (Å²) >= 11 is 0. The molecule has 44 heavy (non-hydrogen) atoms. The van der Waals surface area contributed by atoms with Gasteiger partial charge in [0.25, 0.3) is 0 Å². The molecule has 0 radical (unpaired) electrons. The molecule has 0 aliphatic heterocycles. The molecule has 0 aliphatic rings. The number of hydrogen-bond acceptors (Lipinski definition) is 2. The Morgan fingerprint density at radius 3 is 0.977 bits per heavy atom. The second kappa shape index (κ2) is 36.4. The van der Waals surface area contributed by atoms with E-state index in [1.807, 2.05) is 6.08 Å². The van der Waals surface area contributed by atoms with E-state index < -0.39 is 34.7 Å². The molecule has 0 saturated carbocycles. The molecular formula is C38H88O2Si4. The van der Waals surface area contributed by atoms with Gasteiger partial charge in [0, 0.05) is 0 Å². The number of rotatable bonds is 29. The Morgan fingerprint density at radius 2 is 0.727 bits per heavy atom. The Kier molecular flexibility index (Phi) is 40.4. The molecule has 0 aromatic rings. The monoisotopic (exact) mass is 689 g/mol. The largest absolute Gasteiger partial charge is 0.461 e. The Hall–Kier alpha value is 0.528. The molecule has 0 spiro atoms. The zero-order chi connectivity index (χ0) is 34.0. The molecule has 268 valence electrons. The summed E-state index contributed by atoms with van der Waals surface area (Å²) in [4.78, 5) is 0. The maximum Gasteiger partial charge on any atom is 0.173 e. The molecule has 0 saturated heterocycles. The van der Waals surface area contributed by atoms with Crippen LogP contribution >= 0.6 is 0 Å². The standard InChI is InChI=1S/C24H54OSi2.C10H20.C4H14OSi2/c1-7-9-11-13-15-17-19-21-23-26(3,4)25-27(5,6)24-22-20-18-16-14-12-10-8-2;1-3-5-7-9-10-8-6-4-2;1-6(2)5-7(3)4/h7-24H2,1-6H3;3H,1,4-10H2,2H3;6-7H,1-4H3. The molecule has 6 heteroatoms. The molecule has 0 aromatic heterocycles. The van der Waals surface area contributed by atoms with Crippen LogP contribution in [0.25, 0.3) is 0 Å². The van der Waals surface area contributed by atoms with Crippen molar-refractivity contribution in [2.75, 3.05) is 0 Å². The first-order valence-electron chi connectivity index (χ1n) is 19.8. The van der Waals surface area contributed by atoms with Gasteiger partial charge in [-0.1, -0.05) is 162 Å². The number of hydrogen-bond donors (Lipinski definition) is 0. The third-order valence-electron chi connectivity index (χ3n) is 8.12. The zero-order valence-electron chi connectivity index (χ0n) is 32.9. The van der Waals surface area contributed by atoms with Crippen molar-refractivity contribution in [2.24, 2.45) is 0 Å². The molecule has 0 aliphatic carbocycles. The van der Waals surface area contributed by atoms with Crippen LogP contribution in [0.1, 0.15) is 168 Å². The van der Waals surface area contributed by atoms with E-state index in [0.717, 1.165) is 0 Å². The maximum absolute atomic E-state index is 6.82. The molecule has 2 nitrogen and oxygen atoms in total. The molecular weight excluding hydrogens is 601 g/mol. The SMILES string of the molecule is C=CCCCCCCCC.CCCCCCCCCC[Si](C)(C)O[Si](C)(C)CCCCCCCCCC.C[SiH](C)O[SiH](C)C. The van der Waals surface area contributed by atoms with Gasteiger partial charge in [-0.2, -0.15) is 0 Å². The fourth-order valence-electron chi connectivity index (χ4n) is 5.83. The summed E-state index contributed by atoms with van der Waals surface area (Å²) in [5.74, 6) is 0. The van der Waals surface area contributed by atoms with Gasteiger partial charge < -0.3 is 8.23 Å². The van der Waals surface area contributed by atoms with Crippen LogP contribution in [0.4, 0.5) is 0 Å². The van der Waals surface area contributed by atoms with Crippen molar-refractivity contribution in [1.82, 2.24) is 0 Å². The maximum atomic E-state index is 6.82. The lowest BCUT2D eigenvalue weighted by molar-refractivity contribution is 0.517. The van der Waals surface area contributed by atoms with Crippen molar-refractivity contribution in [3.63, 3.8) is 0 Å². The van der Waals surface area contributed by atoms with Crippen LogP contribution in [0, 0.1) is 0 Å². The fourth-order valence-corrected chi connectivity index (χ4v) is 19.2. The topological polar surface area (TPSA) is 18.5 Å². The van der Waals surface area contributed by atoms with E-state index in [1.165, 1.54) is 160 Å². The first-order valence-corrected chi connectivity index (χ1v) is 31.6. The highest BCUT2D eigenvalue weighted by molar-refractivity contribution is 6.84. The highest BCUT2D eigenvalue weighted by atomic mass is 28.4. The normalized spacial score (nSPS) is 11.8. The predicted octanol–water partition coefficient (Wildman–Crippen LogP) is 14.6. The van der Waals surface area contributed by atoms with E-state index in [1.54, 1.807) is 0 Å². The Balaban J connectivity index is -0.000000802. The minimum absolute atomic E-state index is 0.667. The average Bonchev–Trinajstić information content (AvgIpc) is 2.93. The first kappa shape index (κ1) is 48.9. The molecule has 0 heterocycles. The van der Waals surface area contributed by atoms with Gasteiger partial charge in [0.2, 0.25) is 0 Å². The van der Waals surface area contributed by atoms with Gasteiger partial charge in [0.05, 0.1) is 0 Å². The minimum Gasteiger partial charge on any atom is -0.461 e. The van der Waals surface area contributed by atoms with Crippen LogP contribution in [0.3, 0.4) is 0 Å². The fraction of sp³-hybridized carbons (Fsp3) is 0.947. The third kappa shape index (κ3) is 46.9. The van der Waals surface area contributed by atoms with E-state index in [-0.39, 0.29) is 0 Å².